The summed E-state index contributed by atoms with van der Waals surface area (Å²) in [6.07, 6.45) is 0.0719. The summed E-state index contributed by atoms with van der Waals surface area (Å²) in [5.41, 5.74) is 8.11. The smallest absolute Gasteiger partial charge is 0.335 e. The Bertz CT molecular complexity index is 1250. The highest BCUT2D eigenvalue weighted by Gasteiger charge is 2.51. The minimum atomic E-state index is -1.03. The number of nitrogens with two attached hydrogens (primary N) is 1. The first kappa shape index (κ1) is 24.1. The summed E-state index contributed by atoms with van der Waals surface area (Å²) < 4.78 is 0.922. The first-order valence-electron chi connectivity index (χ1n) is 10.9. The number of primary amides is 1. The number of carbonyl (C=O) groups excluding carboxylic acids is 1. The van der Waals surface area contributed by atoms with Gasteiger partial charge in [0.2, 0.25) is 11.7 Å². The van der Waals surface area contributed by atoms with Gasteiger partial charge in [-0.3, -0.25) is 9.69 Å². The highest BCUT2D eigenvalue weighted by atomic mass is 35.5. The van der Waals surface area contributed by atoms with E-state index >= 15 is 0 Å². The molecular formula is C23H27ClN6O3S. The molecule has 0 spiro atoms. The maximum atomic E-state index is 12.2. The monoisotopic (exact) mass is 502 g/mol. The van der Waals surface area contributed by atoms with Crippen LogP contribution >= 0.6 is 22.9 Å². The first-order valence-corrected chi connectivity index (χ1v) is 12.1. The molecule has 0 saturated carbocycles. The van der Waals surface area contributed by atoms with Crippen LogP contribution in [0.3, 0.4) is 0 Å². The van der Waals surface area contributed by atoms with Crippen molar-refractivity contribution < 1.29 is 14.7 Å². The van der Waals surface area contributed by atoms with Crippen LogP contribution in [0.4, 0.5) is 16.5 Å². The summed E-state index contributed by atoms with van der Waals surface area (Å²) in [5, 5.41) is 17.8. The molecule has 1 amide bonds. The average molecular weight is 503 g/mol. The molecule has 9 nitrogen and oxygen atoms in total. The number of fused-ring (bicyclic) bond motifs is 2. The number of carboxylic acids is 1. The first-order chi connectivity index (χ1) is 16.2. The van der Waals surface area contributed by atoms with Gasteiger partial charge in [0.15, 0.2) is 5.13 Å². The number of rotatable bonds is 9. The van der Waals surface area contributed by atoms with E-state index < -0.39 is 23.7 Å². The van der Waals surface area contributed by atoms with Gasteiger partial charge in [0.25, 0.3) is 0 Å². The van der Waals surface area contributed by atoms with Gasteiger partial charge < -0.3 is 26.4 Å². The van der Waals surface area contributed by atoms with Gasteiger partial charge >= 0.3 is 5.97 Å². The number of thiazole rings is 1. The fourth-order valence-corrected chi connectivity index (χ4v) is 5.76. The lowest BCUT2D eigenvalue weighted by Crippen LogP contribution is -2.68. The molecule has 3 aromatic rings. The molecule has 2 unspecified atom stereocenters. The van der Waals surface area contributed by atoms with Crippen molar-refractivity contribution in [2.45, 2.75) is 32.1 Å². The predicted octanol–water partition coefficient (Wildman–Crippen LogP) is 3.86. The van der Waals surface area contributed by atoms with E-state index in [1.54, 1.807) is 24.3 Å². The molecule has 0 radical (unpaired) electrons. The van der Waals surface area contributed by atoms with Gasteiger partial charge in [-0.2, -0.15) is 0 Å². The van der Waals surface area contributed by atoms with Crippen LogP contribution in [-0.2, 0) is 4.79 Å². The molecule has 5 N–H and O–H groups in total. The van der Waals surface area contributed by atoms with E-state index in [0.717, 1.165) is 15.9 Å². The number of nitrogens with zero attached hydrogens (tertiary/aromatic N) is 3. The molecule has 11 heteroatoms. The molecule has 0 bridgehead atoms. The molecule has 1 aliphatic heterocycles. The van der Waals surface area contributed by atoms with Gasteiger partial charge in [0, 0.05) is 18.5 Å². The lowest BCUT2D eigenvalue weighted by molar-refractivity contribution is -0.119. The van der Waals surface area contributed by atoms with Crippen LogP contribution in [0.2, 0.25) is 5.02 Å². The van der Waals surface area contributed by atoms with E-state index in [9.17, 15) is 14.7 Å². The second-order valence-electron chi connectivity index (χ2n) is 8.15. The van der Waals surface area contributed by atoms with Crippen LogP contribution in [0.1, 0.15) is 30.6 Å². The second-order valence-corrected chi connectivity index (χ2v) is 9.62. The number of nitrogens with one attached hydrogen (secondary N) is 2. The van der Waals surface area contributed by atoms with Crippen molar-refractivity contribution in [2.24, 2.45) is 5.73 Å². The number of benzene rings is 2. The van der Waals surface area contributed by atoms with Crippen LogP contribution in [0.25, 0.3) is 10.2 Å². The quantitative estimate of drug-likeness (QED) is 0.348. The van der Waals surface area contributed by atoms with Crippen LogP contribution in [-0.4, -0.2) is 58.8 Å². The summed E-state index contributed by atoms with van der Waals surface area (Å²) in [6.45, 7) is 5.41. The molecule has 0 aliphatic carbocycles. The Labute approximate surface area is 206 Å². The van der Waals surface area contributed by atoms with E-state index in [1.165, 1.54) is 11.3 Å². The lowest BCUT2D eigenvalue weighted by atomic mass is 10.0. The SMILES string of the molecule is CCN(CC)C(CC(N)=O)C1(Nc2nc3ccc(Cl)cc3s2)Nc2cc(C(=O)O)ccc2N1C. The van der Waals surface area contributed by atoms with Gasteiger partial charge in [-0.25, -0.2) is 9.78 Å². The summed E-state index contributed by atoms with van der Waals surface area (Å²) in [6, 6.07) is 10.0. The van der Waals surface area contributed by atoms with Crippen LogP contribution in [0.15, 0.2) is 36.4 Å². The standard InChI is InChI=1S/C23H27ClN6O3S/c1-4-30(5-2)19(12-20(25)31)23(28-22-26-15-8-7-14(24)11-18(15)34-22)27-16-10-13(21(32)33)6-9-17(16)29(23)3/h6-11,19,27H,4-5,12H2,1-3H3,(H2,25,31)(H,26,28)(H,32,33). The molecule has 2 aromatic carbocycles. The topological polar surface area (TPSA) is 124 Å². The molecule has 2 heterocycles. The molecule has 180 valence electrons. The number of hydrogen-bond donors (Lipinski definition) is 4. The summed E-state index contributed by atoms with van der Waals surface area (Å²) in [4.78, 5) is 32.7. The van der Waals surface area contributed by atoms with Crippen molar-refractivity contribution in [1.82, 2.24) is 9.88 Å². The maximum Gasteiger partial charge on any atom is 0.335 e. The minimum Gasteiger partial charge on any atom is -0.478 e. The van der Waals surface area contributed by atoms with E-state index in [1.807, 2.05) is 37.9 Å². The van der Waals surface area contributed by atoms with E-state index in [-0.39, 0.29) is 12.0 Å². The molecule has 1 aliphatic rings. The Kier molecular flexibility index (Phi) is 6.57. The maximum absolute atomic E-state index is 12.2. The number of amides is 1. The van der Waals surface area contributed by atoms with E-state index in [2.05, 4.69) is 15.5 Å². The molecule has 2 atom stereocenters. The Hall–Kier alpha value is -3.08. The molecule has 4 rings (SSSR count). The number of aromatic carboxylic acids is 1. The zero-order valence-corrected chi connectivity index (χ0v) is 20.7. The fourth-order valence-electron chi connectivity index (χ4n) is 4.56. The van der Waals surface area contributed by atoms with Crippen LogP contribution < -0.4 is 21.3 Å². The molecule has 1 aromatic heterocycles. The third-order valence-electron chi connectivity index (χ3n) is 6.24. The van der Waals surface area contributed by atoms with Gasteiger partial charge in [-0.15, -0.1) is 0 Å². The number of halogens is 1. The Morgan fingerprint density at radius 1 is 1.29 bits per heavy atom. The zero-order valence-electron chi connectivity index (χ0n) is 19.1. The number of carbonyl (C=O) groups is 2. The van der Waals surface area contributed by atoms with E-state index in [0.29, 0.717) is 28.9 Å². The predicted molar refractivity (Wildman–Crippen MR) is 137 cm³/mol. The van der Waals surface area contributed by atoms with Crippen molar-refractivity contribution in [3.63, 3.8) is 0 Å². The van der Waals surface area contributed by atoms with Gasteiger partial charge in [0.1, 0.15) is 0 Å². The van der Waals surface area contributed by atoms with Crippen LogP contribution in [0.5, 0.6) is 0 Å². The van der Waals surface area contributed by atoms with Crippen LogP contribution in [0, 0.1) is 0 Å². The number of carboxylic acid groups (broad SMARTS) is 1. The van der Waals surface area contributed by atoms with Crippen molar-refractivity contribution in [2.75, 3.05) is 35.7 Å². The fraction of sp³-hybridized carbons (Fsp3) is 0.348. The molecule has 0 fully saturated rings. The highest BCUT2D eigenvalue weighted by molar-refractivity contribution is 7.22. The third kappa shape index (κ3) is 4.24. The summed E-state index contributed by atoms with van der Waals surface area (Å²) in [7, 11) is 1.90. The average Bonchev–Trinajstić information content (AvgIpc) is 3.31. The van der Waals surface area contributed by atoms with Gasteiger partial charge in [-0.1, -0.05) is 36.8 Å². The number of aromatic nitrogens is 1. The highest BCUT2D eigenvalue weighted by Crippen LogP contribution is 2.44. The van der Waals surface area contributed by atoms with Crippen molar-refractivity contribution >= 4 is 61.5 Å². The number of anilines is 3. The zero-order chi connectivity index (χ0) is 24.6. The Morgan fingerprint density at radius 3 is 2.68 bits per heavy atom. The summed E-state index contributed by atoms with van der Waals surface area (Å²) in [5.74, 6) is -2.48. The summed E-state index contributed by atoms with van der Waals surface area (Å²) >= 11 is 7.62. The lowest BCUT2D eigenvalue weighted by Gasteiger charge is -2.47. The van der Waals surface area contributed by atoms with Crippen molar-refractivity contribution in [3.8, 4) is 0 Å². The van der Waals surface area contributed by atoms with Gasteiger partial charge in [0.05, 0.1) is 33.2 Å². The third-order valence-corrected chi connectivity index (χ3v) is 7.41. The normalized spacial score (nSPS) is 18.1. The number of likely N-dealkylation sites (N-methyl/N-ethyl adjacent to an activating group) is 2. The number of hydrogen-bond acceptors (Lipinski definition) is 8. The largest absolute Gasteiger partial charge is 0.478 e. The molecule has 0 saturated heterocycles. The van der Waals surface area contributed by atoms with Crippen molar-refractivity contribution in [1.29, 1.82) is 0 Å². The minimum absolute atomic E-state index is 0.0719. The van der Waals surface area contributed by atoms with E-state index in [4.69, 9.17) is 22.3 Å². The van der Waals surface area contributed by atoms with Gasteiger partial charge in [-0.05, 0) is 49.5 Å². The Balaban J connectivity index is 1.85. The second kappa shape index (κ2) is 9.28. The van der Waals surface area contributed by atoms with Crippen molar-refractivity contribution in [3.05, 3.63) is 47.0 Å². The molecular weight excluding hydrogens is 476 g/mol. The Morgan fingerprint density at radius 2 is 2.03 bits per heavy atom. The molecule has 34 heavy (non-hydrogen) atoms.